The number of anilines is 2. The lowest BCUT2D eigenvalue weighted by atomic mass is 10.1. The van der Waals surface area contributed by atoms with Gasteiger partial charge in [-0.05, 0) is 25.1 Å². The monoisotopic (exact) mass is 500 g/mol. The van der Waals surface area contributed by atoms with Crippen LogP contribution >= 0.6 is 0 Å². The van der Waals surface area contributed by atoms with E-state index in [2.05, 4.69) is 15.9 Å². The Kier molecular flexibility index (Phi) is 7.16. The largest absolute Gasteiger partial charge is 0.497 e. The van der Waals surface area contributed by atoms with Gasteiger partial charge in [-0.2, -0.15) is 0 Å². The van der Waals surface area contributed by atoms with E-state index in [1.807, 2.05) is 61.5 Å². The fraction of sp³-hybridized carbons (Fsp3) is 0.310. The summed E-state index contributed by atoms with van der Waals surface area (Å²) in [6.07, 6.45) is 0. The predicted octanol–water partition coefficient (Wildman–Crippen LogP) is 5.05. The molecule has 3 aromatic carbocycles. The first kappa shape index (κ1) is 24.5. The number of nitrogens with zero attached hydrogens (tertiary/aromatic N) is 4. The maximum Gasteiger partial charge on any atom is 0.162 e. The molecule has 0 unspecified atom stereocenters. The zero-order chi connectivity index (χ0) is 25.8. The van der Waals surface area contributed by atoms with Crippen LogP contribution in [0.5, 0.6) is 23.0 Å². The molecular formula is C29H32N4O4. The molecule has 0 aliphatic carbocycles. The molecule has 4 aromatic rings. The molecule has 0 bridgehead atoms. The Morgan fingerprint density at radius 1 is 0.730 bits per heavy atom. The molecule has 1 fully saturated rings. The van der Waals surface area contributed by atoms with Gasteiger partial charge < -0.3 is 28.7 Å². The van der Waals surface area contributed by atoms with Crippen molar-refractivity contribution in [1.29, 1.82) is 0 Å². The Morgan fingerprint density at radius 3 is 2.14 bits per heavy atom. The minimum absolute atomic E-state index is 0.544. The summed E-state index contributed by atoms with van der Waals surface area (Å²) >= 11 is 0. The van der Waals surface area contributed by atoms with Crippen LogP contribution in [0, 0.1) is 0 Å². The van der Waals surface area contributed by atoms with Gasteiger partial charge in [-0.25, -0.2) is 9.97 Å². The molecule has 37 heavy (non-hydrogen) atoms. The third-order valence-electron chi connectivity index (χ3n) is 6.60. The molecule has 2 heterocycles. The number of piperazine rings is 1. The maximum atomic E-state index is 5.88. The first-order valence-electron chi connectivity index (χ1n) is 12.4. The second-order valence-corrected chi connectivity index (χ2v) is 8.70. The van der Waals surface area contributed by atoms with Gasteiger partial charge >= 0.3 is 0 Å². The Morgan fingerprint density at radius 2 is 1.46 bits per heavy atom. The van der Waals surface area contributed by atoms with E-state index in [1.54, 1.807) is 21.3 Å². The number of benzene rings is 3. The summed E-state index contributed by atoms with van der Waals surface area (Å²) in [5.74, 6) is 4.52. The van der Waals surface area contributed by atoms with Gasteiger partial charge in [0.05, 0.1) is 39.1 Å². The Balaban J connectivity index is 1.52. The second-order valence-electron chi connectivity index (χ2n) is 8.70. The van der Waals surface area contributed by atoms with Crippen molar-refractivity contribution in [1.82, 2.24) is 9.97 Å². The zero-order valence-electron chi connectivity index (χ0n) is 21.7. The highest BCUT2D eigenvalue weighted by molar-refractivity contribution is 5.93. The van der Waals surface area contributed by atoms with Crippen molar-refractivity contribution < 1.29 is 18.9 Å². The molecule has 5 rings (SSSR count). The summed E-state index contributed by atoms with van der Waals surface area (Å²) in [6, 6.07) is 20.0. The number of methoxy groups -OCH3 is 3. The van der Waals surface area contributed by atoms with Crippen molar-refractivity contribution >= 4 is 22.4 Å². The van der Waals surface area contributed by atoms with Crippen LogP contribution in [0.1, 0.15) is 6.92 Å². The second kappa shape index (κ2) is 10.8. The molecule has 1 aliphatic rings. The van der Waals surface area contributed by atoms with Crippen LogP contribution in [0.2, 0.25) is 0 Å². The molecule has 0 saturated carbocycles. The standard InChI is InChI=1S/C29H32N4O4/c1-5-37-27-18-22-23(19-26(27)36-4)30-28(20-9-7-6-8-10-20)31-29(22)33-15-13-32(14-16-33)24-12-11-21(34-2)17-25(24)35-3/h6-12,17-19H,5,13-16H2,1-4H3. The molecule has 8 nitrogen and oxygen atoms in total. The van der Waals surface area contributed by atoms with Crippen LogP contribution in [0.25, 0.3) is 22.3 Å². The number of ether oxygens (including phenoxy) is 4. The van der Waals surface area contributed by atoms with Gasteiger partial charge in [-0.15, -0.1) is 0 Å². The minimum Gasteiger partial charge on any atom is -0.497 e. The Labute approximate surface area is 217 Å². The smallest absolute Gasteiger partial charge is 0.162 e. The minimum atomic E-state index is 0.544. The fourth-order valence-electron chi connectivity index (χ4n) is 4.71. The third kappa shape index (κ3) is 4.91. The predicted molar refractivity (Wildman–Crippen MR) is 147 cm³/mol. The first-order chi connectivity index (χ1) is 18.1. The van der Waals surface area contributed by atoms with E-state index in [0.29, 0.717) is 23.9 Å². The quantitative estimate of drug-likeness (QED) is 0.333. The zero-order valence-corrected chi connectivity index (χ0v) is 21.7. The summed E-state index contributed by atoms with van der Waals surface area (Å²) in [5, 5.41) is 0.944. The molecule has 1 saturated heterocycles. The third-order valence-corrected chi connectivity index (χ3v) is 6.60. The summed E-state index contributed by atoms with van der Waals surface area (Å²) in [4.78, 5) is 14.6. The Hall–Kier alpha value is -4.20. The highest BCUT2D eigenvalue weighted by Gasteiger charge is 2.24. The number of fused-ring (bicyclic) bond motifs is 1. The van der Waals surface area contributed by atoms with E-state index in [9.17, 15) is 0 Å². The Bertz CT molecular complexity index is 1370. The van der Waals surface area contributed by atoms with Crippen molar-refractivity contribution in [3.63, 3.8) is 0 Å². The molecule has 0 N–H and O–H groups in total. The van der Waals surface area contributed by atoms with Crippen LogP contribution in [0.4, 0.5) is 11.5 Å². The summed E-state index contributed by atoms with van der Waals surface area (Å²) in [5.41, 5.74) is 2.85. The number of rotatable bonds is 8. The molecular weight excluding hydrogens is 468 g/mol. The highest BCUT2D eigenvalue weighted by atomic mass is 16.5. The van der Waals surface area contributed by atoms with E-state index in [1.165, 1.54) is 0 Å². The molecule has 0 spiro atoms. The molecule has 0 amide bonds. The number of aromatic nitrogens is 2. The van der Waals surface area contributed by atoms with Gasteiger partial charge in [0, 0.05) is 49.3 Å². The van der Waals surface area contributed by atoms with E-state index in [0.717, 1.165) is 65.6 Å². The van der Waals surface area contributed by atoms with Crippen molar-refractivity contribution in [3.8, 4) is 34.4 Å². The fourth-order valence-corrected chi connectivity index (χ4v) is 4.71. The van der Waals surface area contributed by atoms with Gasteiger partial charge in [0.25, 0.3) is 0 Å². The summed E-state index contributed by atoms with van der Waals surface area (Å²) in [7, 11) is 5.00. The highest BCUT2D eigenvalue weighted by Crippen LogP contribution is 2.38. The van der Waals surface area contributed by atoms with Crippen molar-refractivity contribution in [2.24, 2.45) is 0 Å². The molecule has 1 aromatic heterocycles. The molecule has 0 radical (unpaired) electrons. The normalized spacial score (nSPS) is 13.5. The number of hydrogen-bond donors (Lipinski definition) is 0. The summed E-state index contributed by atoms with van der Waals surface area (Å²) < 4.78 is 22.5. The SMILES string of the molecule is CCOc1cc2c(N3CCN(c4ccc(OC)cc4OC)CC3)nc(-c3ccccc3)nc2cc1OC. The van der Waals surface area contributed by atoms with E-state index >= 15 is 0 Å². The van der Waals surface area contributed by atoms with Gasteiger partial charge in [0.1, 0.15) is 17.3 Å². The van der Waals surface area contributed by atoms with Gasteiger partial charge in [0.15, 0.2) is 17.3 Å². The molecule has 1 aliphatic heterocycles. The summed E-state index contributed by atoms with van der Waals surface area (Å²) in [6.45, 7) is 5.75. The van der Waals surface area contributed by atoms with Crippen LogP contribution in [0.3, 0.4) is 0 Å². The van der Waals surface area contributed by atoms with Crippen LogP contribution in [0.15, 0.2) is 60.7 Å². The van der Waals surface area contributed by atoms with Crippen molar-refractivity contribution in [2.45, 2.75) is 6.92 Å². The average Bonchev–Trinajstić information content (AvgIpc) is 2.96. The van der Waals surface area contributed by atoms with Crippen molar-refractivity contribution in [3.05, 3.63) is 60.7 Å². The van der Waals surface area contributed by atoms with E-state index < -0.39 is 0 Å². The van der Waals surface area contributed by atoms with E-state index in [-0.39, 0.29) is 0 Å². The first-order valence-corrected chi connectivity index (χ1v) is 12.4. The lowest BCUT2D eigenvalue weighted by Crippen LogP contribution is -2.47. The van der Waals surface area contributed by atoms with Gasteiger partial charge in [-0.3, -0.25) is 0 Å². The molecule has 192 valence electrons. The molecule has 8 heteroatoms. The average molecular weight is 501 g/mol. The van der Waals surface area contributed by atoms with Gasteiger partial charge in [0.2, 0.25) is 0 Å². The van der Waals surface area contributed by atoms with Crippen LogP contribution in [-0.4, -0.2) is 64.1 Å². The topological polar surface area (TPSA) is 69.2 Å². The van der Waals surface area contributed by atoms with Gasteiger partial charge in [-0.1, -0.05) is 30.3 Å². The van der Waals surface area contributed by atoms with Crippen molar-refractivity contribution in [2.75, 3.05) is 63.9 Å². The van der Waals surface area contributed by atoms with Crippen LogP contribution < -0.4 is 28.7 Å². The van der Waals surface area contributed by atoms with E-state index in [4.69, 9.17) is 28.9 Å². The lowest BCUT2D eigenvalue weighted by Gasteiger charge is -2.37. The van der Waals surface area contributed by atoms with Crippen LogP contribution in [-0.2, 0) is 0 Å². The lowest BCUT2D eigenvalue weighted by molar-refractivity contribution is 0.311. The molecule has 0 atom stereocenters. The maximum absolute atomic E-state index is 5.88. The number of hydrogen-bond acceptors (Lipinski definition) is 8.